The number of carbonyl (C=O) groups excluding carboxylic acids is 1. The molecule has 3 heteroatoms. The average Bonchev–Trinajstić information content (AvgIpc) is 2.24. The zero-order valence-corrected chi connectivity index (χ0v) is 10.6. The fourth-order valence-corrected chi connectivity index (χ4v) is 1.85. The van der Waals surface area contributed by atoms with E-state index in [1.54, 1.807) is 0 Å². The van der Waals surface area contributed by atoms with Crippen molar-refractivity contribution >= 4 is 6.09 Å². The minimum atomic E-state index is -0.696. The number of nitrogens with two attached hydrogens (primary N) is 1. The molecular weight excluding hydrogens is 214 g/mol. The maximum absolute atomic E-state index is 10.7. The predicted octanol–water partition coefficient (Wildman–Crippen LogP) is 3.27. The van der Waals surface area contributed by atoms with Gasteiger partial charge in [0.25, 0.3) is 0 Å². The van der Waals surface area contributed by atoms with E-state index in [1.165, 1.54) is 5.56 Å². The minimum Gasteiger partial charge on any atom is -0.444 e. The van der Waals surface area contributed by atoms with Gasteiger partial charge in [0.15, 0.2) is 0 Å². The van der Waals surface area contributed by atoms with Crippen molar-refractivity contribution in [2.24, 2.45) is 5.73 Å². The third kappa shape index (κ3) is 5.95. The van der Waals surface area contributed by atoms with Crippen LogP contribution in [0.4, 0.5) is 4.79 Å². The van der Waals surface area contributed by atoms with E-state index in [-0.39, 0.29) is 0 Å². The lowest BCUT2D eigenvalue weighted by Crippen LogP contribution is -2.30. The maximum Gasteiger partial charge on any atom is 0.405 e. The molecule has 3 nitrogen and oxygen atoms in total. The van der Waals surface area contributed by atoms with Crippen molar-refractivity contribution in [2.75, 3.05) is 0 Å². The van der Waals surface area contributed by atoms with E-state index in [4.69, 9.17) is 10.5 Å². The topological polar surface area (TPSA) is 52.3 Å². The monoisotopic (exact) mass is 235 g/mol. The Morgan fingerprint density at radius 2 is 1.88 bits per heavy atom. The fourth-order valence-electron chi connectivity index (χ4n) is 1.85. The Kier molecular flexibility index (Phi) is 5.01. The van der Waals surface area contributed by atoms with E-state index in [2.05, 4.69) is 24.3 Å². The minimum absolute atomic E-state index is 0.456. The first kappa shape index (κ1) is 13.6. The molecule has 1 rings (SSSR count). The van der Waals surface area contributed by atoms with E-state index in [0.29, 0.717) is 0 Å². The van der Waals surface area contributed by atoms with Crippen LogP contribution in [0.15, 0.2) is 30.3 Å². The number of hydrogen-bond donors (Lipinski definition) is 1. The summed E-state index contributed by atoms with van der Waals surface area (Å²) in [7, 11) is 0. The van der Waals surface area contributed by atoms with Crippen LogP contribution < -0.4 is 5.73 Å². The second-order valence-electron chi connectivity index (χ2n) is 4.87. The van der Waals surface area contributed by atoms with Gasteiger partial charge in [-0.3, -0.25) is 0 Å². The van der Waals surface area contributed by atoms with Crippen LogP contribution in [0.2, 0.25) is 0 Å². The number of amides is 1. The molecule has 0 aromatic heterocycles. The van der Waals surface area contributed by atoms with Crippen LogP contribution >= 0.6 is 0 Å². The van der Waals surface area contributed by atoms with Crippen LogP contribution in [0.1, 0.15) is 38.7 Å². The van der Waals surface area contributed by atoms with Crippen molar-refractivity contribution in [3.05, 3.63) is 35.9 Å². The van der Waals surface area contributed by atoms with Crippen LogP contribution in [0.25, 0.3) is 0 Å². The number of carbonyl (C=O) groups is 1. The van der Waals surface area contributed by atoms with Gasteiger partial charge < -0.3 is 10.5 Å². The molecule has 0 radical (unpaired) electrons. The quantitative estimate of drug-likeness (QED) is 0.769. The largest absolute Gasteiger partial charge is 0.444 e. The second kappa shape index (κ2) is 6.28. The van der Waals surface area contributed by atoms with Gasteiger partial charge in [0, 0.05) is 0 Å². The first-order valence-electron chi connectivity index (χ1n) is 6.02. The molecule has 2 N–H and O–H groups in total. The Labute approximate surface area is 103 Å². The molecular formula is C14H21NO2. The molecule has 1 aromatic rings. The van der Waals surface area contributed by atoms with E-state index < -0.39 is 11.7 Å². The number of rotatable bonds is 6. The molecule has 0 atom stereocenters. The van der Waals surface area contributed by atoms with Gasteiger partial charge in [-0.15, -0.1) is 0 Å². The van der Waals surface area contributed by atoms with E-state index in [9.17, 15) is 4.79 Å². The highest BCUT2D eigenvalue weighted by atomic mass is 16.6. The van der Waals surface area contributed by atoms with Gasteiger partial charge in [0.1, 0.15) is 5.60 Å². The molecule has 17 heavy (non-hydrogen) atoms. The molecule has 1 aromatic carbocycles. The molecule has 0 aliphatic carbocycles. The molecule has 0 aliphatic heterocycles. The first-order chi connectivity index (χ1) is 7.99. The number of primary amides is 1. The number of aryl methyl sites for hydroxylation is 1. The number of unbranched alkanes of at least 4 members (excludes halogenated alkanes) is 1. The Morgan fingerprint density at radius 3 is 2.47 bits per heavy atom. The summed E-state index contributed by atoms with van der Waals surface area (Å²) in [6.45, 7) is 3.78. The summed E-state index contributed by atoms with van der Waals surface area (Å²) in [6.07, 6.45) is 3.32. The van der Waals surface area contributed by atoms with E-state index in [1.807, 2.05) is 19.9 Å². The summed E-state index contributed by atoms with van der Waals surface area (Å²) in [4.78, 5) is 10.7. The van der Waals surface area contributed by atoms with Crippen molar-refractivity contribution in [3.8, 4) is 0 Å². The maximum atomic E-state index is 10.7. The number of hydrogen-bond acceptors (Lipinski definition) is 2. The zero-order valence-electron chi connectivity index (χ0n) is 10.6. The molecule has 0 bridgehead atoms. The first-order valence-corrected chi connectivity index (χ1v) is 6.02. The smallest absolute Gasteiger partial charge is 0.405 e. The number of ether oxygens (including phenoxy) is 1. The summed E-state index contributed by atoms with van der Waals surface area (Å²) >= 11 is 0. The van der Waals surface area contributed by atoms with Crippen molar-refractivity contribution in [2.45, 2.75) is 45.1 Å². The lowest BCUT2D eigenvalue weighted by atomic mass is 9.99. The molecule has 1 amide bonds. The highest BCUT2D eigenvalue weighted by Gasteiger charge is 2.20. The lowest BCUT2D eigenvalue weighted by Gasteiger charge is -2.23. The van der Waals surface area contributed by atoms with Crippen LogP contribution in [0.3, 0.4) is 0 Å². The van der Waals surface area contributed by atoms with Crippen LogP contribution in [-0.4, -0.2) is 11.7 Å². The molecule has 0 saturated heterocycles. The SMILES string of the molecule is CC(C)(CCCCc1ccccc1)OC(N)=O. The van der Waals surface area contributed by atoms with Gasteiger partial charge in [-0.05, 0) is 45.1 Å². The Balaban J connectivity index is 2.22. The van der Waals surface area contributed by atoms with Gasteiger partial charge >= 0.3 is 6.09 Å². The predicted molar refractivity (Wildman–Crippen MR) is 68.7 cm³/mol. The summed E-state index contributed by atoms with van der Waals surface area (Å²) in [5, 5.41) is 0. The summed E-state index contributed by atoms with van der Waals surface area (Å²) < 4.78 is 5.03. The normalized spacial score (nSPS) is 11.2. The zero-order chi connectivity index (χ0) is 12.7. The third-order valence-corrected chi connectivity index (χ3v) is 2.71. The van der Waals surface area contributed by atoms with E-state index >= 15 is 0 Å². The molecule has 94 valence electrons. The van der Waals surface area contributed by atoms with Crippen molar-refractivity contribution in [1.82, 2.24) is 0 Å². The Hall–Kier alpha value is -1.51. The van der Waals surface area contributed by atoms with Gasteiger partial charge in [-0.25, -0.2) is 4.79 Å². The summed E-state index contributed by atoms with van der Waals surface area (Å²) in [5.41, 5.74) is 5.91. The van der Waals surface area contributed by atoms with Crippen LogP contribution in [0.5, 0.6) is 0 Å². The molecule has 0 heterocycles. The molecule has 0 unspecified atom stereocenters. The molecule has 0 aliphatic rings. The molecule has 0 saturated carbocycles. The Bertz CT molecular complexity index is 346. The summed E-state index contributed by atoms with van der Waals surface area (Å²) in [5.74, 6) is 0. The van der Waals surface area contributed by atoms with Gasteiger partial charge in [0.2, 0.25) is 0 Å². The highest BCUT2D eigenvalue weighted by Crippen LogP contribution is 2.18. The van der Waals surface area contributed by atoms with Gasteiger partial charge in [-0.2, -0.15) is 0 Å². The highest BCUT2D eigenvalue weighted by molar-refractivity contribution is 5.65. The van der Waals surface area contributed by atoms with Crippen molar-refractivity contribution in [1.29, 1.82) is 0 Å². The standard InChI is InChI=1S/C14H21NO2/c1-14(2,17-13(15)16)11-7-6-10-12-8-4-3-5-9-12/h3-5,8-9H,6-7,10-11H2,1-2H3,(H2,15,16). The van der Waals surface area contributed by atoms with E-state index in [0.717, 1.165) is 25.7 Å². The van der Waals surface area contributed by atoms with Gasteiger partial charge in [0.05, 0.1) is 0 Å². The lowest BCUT2D eigenvalue weighted by molar-refractivity contribution is 0.0373. The summed E-state index contributed by atoms with van der Waals surface area (Å²) in [6, 6.07) is 10.4. The average molecular weight is 235 g/mol. The fraction of sp³-hybridized carbons (Fsp3) is 0.500. The molecule has 0 spiro atoms. The van der Waals surface area contributed by atoms with Crippen molar-refractivity contribution < 1.29 is 9.53 Å². The van der Waals surface area contributed by atoms with Crippen LogP contribution in [-0.2, 0) is 11.2 Å². The molecule has 0 fully saturated rings. The third-order valence-electron chi connectivity index (χ3n) is 2.71. The van der Waals surface area contributed by atoms with Gasteiger partial charge in [-0.1, -0.05) is 30.3 Å². The van der Waals surface area contributed by atoms with Crippen LogP contribution in [0, 0.1) is 0 Å². The number of benzene rings is 1. The Morgan fingerprint density at radius 1 is 1.24 bits per heavy atom. The van der Waals surface area contributed by atoms with Crippen molar-refractivity contribution in [3.63, 3.8) is 0 Å². The second-order valence-corrected chi connectivity index (χ2v) is 4.87.